The van der Waals surface area contributed by atoms with Gasteiger partial charge in [0.1, 0.15) is 0 Å². The van der Waals surface area contributed by atoms with E-state index in [-0.39, 0.29) is 0 Å². The van der Waals surface area contributed by atoms with Crippen molar-refractivity contribution in [2.75, 3.05) is 0 Å². The molecule has 0 fully saturated rings. The van der Waals surface area contributed by atoms with Gasteiger partial charge in [-0.3, -0.25) is 0 Å². The summed E-state index contributed by atoms with van der Waals surface area (Å²) in [6.07, 6.45) is 10.5. The fourth-order valence-corrected chi connectivity index (χ4v) is 15.6. The van der Waals surface area contributed by atoms with E-state index in [1.54, 1.807) is 8.88 Å². The topological polar surface area (TPSA) is 0 Å². The number of hydrogen-bond acceptors (Lipinski definition) is 0. The van der Waals surface area contributed by atoms with Gasteiger partial charge < -0.3 is 0 Å². The molecule has 0 radical (unpaired) electrons. The van der Waals surface area contributed by atoms with Crippen LogP contribution in [-0.2, 0) is 27.9 Å². The van der Waals surface area contributed by atoms with Gasteiger partial charge in [0.25, 0.3) is 0 Å². The Morgan fingerprint density at radius 2 is 1.64 bits per heavy atom. The molecule has 0 nitrogen and oxygen atoms in total. The summed E-state index contributed by atoms with van der Waals surface area (Å²) in [5.41, 5.74) is 6.12. The fourth-order valence-electron chi connectivity index (χ4n) is 3.94. The Morgan fingerprint density at radius 1 is 0.909 bits per heavy atom. The second-order valence-electron chi connectivity index (χ2n) is 6.57. The average molecular weight is 452 g/mol. The molecule has 0 amide bonds. The molecule has 0 bridgehead atoms. The average Bonchev–Trinajstić information content (AvgIpc) is 3.15. The van der Waals surface area contributed by atoms with E-state index in [4.69, 9.17) is 0 Å². The van der Waals surface area contributed by atoms with Gasteiger partial charge in [-0.1, -0.05) is 0 Å². The van der Waals surface area contributed by atoms with Crippen molar-refractivity contribution >= 4 is 3.32 Å². The third-order valence-corrected chi connectivity index (χ3v) is 17.2. The molecule has 0 atom stereocenters. The second kappa shape index (κ2) is 5.77. The molecule has 2 aliphatic rings. The molecule has 4 rings (SSSR count). The van der Waals surface area contributed by atoms with E-state index in [1.165, 1.54) is 16.7 Å². The van der Waals surface area contributed by atoms with E-state index in [0.29, 0.717) is 0 Å². The van der Waals surface area contributed by atoms with Gasteiger partial charge in [0.15, 0.2) is 0 Å². The van der Waals surface area contributed by atoms with Crippen LogP contribution in [0, 0.1) is 0 Å². The van der Waals surface area contributed by atoms with E-state index >= 15 is 0 Å². The van der Waals surface area contributed by atoms with E-state index in [0.717, 1.165) is 13.8 Å². The molecule has 0 saturated heterocycles. The normalized spacial score (nSPS) is 15.4. The molecule has 0 aromatic heterocycles. The first-order valence-corrected chi connectivity index (χ1v) is 14.1. The maximum atomic E-state index is 2.45. The van der Waals surface area contributed by atoms with Crippen LogP contribution in [0.25, 0.3) is 11.1 Å². The van der Waals surface area contributed by atoms with Crippen molar-refractivity contribution in [3.8, 4) is 11.1 Å². The first-order chi connectivity index (χ1) is 10.8. The molecule has 0 N–H and O–H groups in total. The third-order valence-electron chi connectivity index (χ3n) is 4.89. The summed E-state index contributed by atoms with van der Waals surface area (Å²) >= 11 is -1.94. The molecule has 0 spiro atoms. The predicted molar refractivity (Wildman–Crippen MR) is 91.4 cm³/mol. The number of rotatable bonds is 3. The molecule has 0 unspecified atom stereocenters. The van der Waals surface area contributed by atoms with Gasteiger partial charge in [0.2, 0.25) is 0 Å². The van der Waals surface area contributed by atoms with Gasteiger partial charge >= 0.3 is 141 Å². The van der Waals surface area contributed by atoms with Crippen LogP contribution in [0.1, 0.15) is 25.0 Å². The number of benzene rings is 2. The Kier molecular flexibility index (Phi) is 3.78. The SMILES string of the molecule is C[CH](C)[Hf]([c]1cccc2c1Cc1ccccc1-2)[CH]1C=CC=C1. The zero-order valence-corrected chi connectivity index (χ0v) is 16.8. The Balaban J connectivity index is 1.84. The monoisotopic (exact) mass is 453 g/mol. The molecule has 2 aromatic rings. The summed E-state index contributed by atoms with van der Waals surface area (Å²) in [4.78, 5) is 0. The predicted octanol–water partition coefficient (Wildman–Crippen LogP) is 5.24. The molecular weight excluding hydrogens is 431 g/mol. The van der Waals surface area contributed by atoms with Crippen LogP contribution in [0.15, 0.2) is 66.8 Å². The van der Waals surface area contributed by atoms with Crippen LogP contribution in [-0.4, -0.2) is 0 Å². The first kappa shape index (κ1) is 14.4. The van der Waals surface area contributed by atoms with Crippen molar-refractivity contribution in [2.45, 2.75) is 27.6 Å². The Morgan fingerprint density at radius 3 is 2.41 bits per heavy atom. The molecule has 2 aliphatic carbocycles. The Hall–Kier alpha value is -1.21. The van der Waals surface area contributed by atoms with Crippen molar-refractivity contribution in [1.29, 1.82) is 0 Å². The zero-order chi connectivity index (χ0) is 15.1. The summed E-state index contributed by atoms with van der Waals surface area (Å²) in [5, 5.41) is 0. The van der Waals surface area contributed by atoms with Gasteiger partial charge in [0, 0.05) is 0 Å². The quantitative estimate of drug-likeness (QED) is 0.477. The molecular formula is C21H21Hf. The summed E-state index contributed by atoms with van der Waals surface area (Å²) in [6, 6.07) is 16.0. The molecule has 0 heterocycles. The van der Waals surface area contributed by atoms with E-state index in [9.17, 15) is 0 Å². The summed E-state index contributed by atoms with van der Waals surface area (Å²) in [6.45, 7) is 4.90. The first-order valence-electron chi connectivity index (χ1n) is 8.18. The van der Waals surface area contributed by atoms with Gasteiger partial charge in [-0.25, -0.2) is 0 Å². The van der Waals surface area contributed by atoms with E-state index in [2.05, 4.69) is 80.6 Å². The molecule has 22 heavy (non-hydrogen) atoms. The standard InChI is InChI=1S/C13H9.C5H5.C3H7.Hf/c1-3-7-12-10(5-1)9-11-6-2-4-8-13(11)12;1-2-4-5-3-1;1-3-2;/h1-5,7-8H,9H2;1-5H;3H,1-2H3;. The Labute approximate surface area is 141 Å². The molecule has 0 aliphatic heterocycles. The Bertz CT molecular complexity index is 755. The fraction of sp³-hybridized carbons (Fsp3) is 0.238. The number of fused-ring (bicyclic) bond motifs is 3. The van der Waals surface area contributed by atoms with Crippen LogP contribution in [0.3, 0.4) is 0 Å². The summed E-state index contributed by atoms with van der Waals surface area (Å²) < 4.78 is 3.35. The van der Waals surface area contributed by atoms with Gasteiger partial charge in [-0.15, -0.1) is 0 Å². The van der Waals surface area contributed by atoms with Gasteiger partial charge in [-0.2, -0.15) is 0 Å². The minimum atomic E-state index is -1.94. The van der Waals surface area contributed by atoms with Crippen molar-refractivity contribution < 1.29 is 21.4 Å². The van der Waals surface area contributed by atoms with E-state index in [1.807, 2.05) is 0 Å². The van der Waals surface area contributed by atoms with Crippen LogP contribution in [0.2, 0.25) is 7.35 Å². The van der Waals surface area contributed by atoms with Crippen LogP contribution in [0.4, 0.5) is 0 Å². The van der Waals surface area contributed by atoms with Crippen LogP contribution in [0.5, 0.6) is 0 Å². The van der Waals surface area contributed by atoms with Gasteiger partial charge in [-0.05, 0) is 0 Å². The summed E-state index contributed by atoms with van der Waals surface area (Å²) in [7, 11) is 0. The summed E-state index contributed by atoms with van der Waals surface area (Å²) in [5.74, 6) is 0. The molecule has 0 saturated carbocycles. The number of hydrogen-bond donors (Lipinski definition) is 0. The molecule has 2 aromatic carbocycles. The molecule has 109 valence electrons. The second-order valence-corrected chi connectivity index (χ2v) is 18.3. The van der Waals surface area contributed by atoms with Gasteiger partial charge in [0.05, 0.1) is 0 Å². The maximum absolute atomic E-state index is 2.45. The van der Waals surface area contributed by atoms with Crippen molar-refractivity contribution in [3.05, 3.63) is 77.9 Å². The van der Waals surface area contributed by atoms with Crippen LogP contribution < -0.4 is 3.32 Å². The van der Waals surface area contributed by atoms with Crippen LogP contribution >= 0.6 is 0 Å². The minimum absolute atomic E-state index is 0.750. The zero-order valence-electron chi connectivity index (χ0n) is 13.2. The molecule has 1 heteroatoms. The number of allylic oxidation sites excluding steroid dienone is 4. The van der Waals surface area contributed by atoms with Crippen molar-refractivity contribution in [3.63, 3.8) is 0 Å². The third kappa shape index (κ3) is 2.31. The van der Waals surface area contributed by atoms with Crippen molar-refractivity contribution in [1.82, 2.24) is 0 Å². The van der Waals surface area contributed by atoms with Crippen molar-refractivity contribution in [2.24, 2.45) is 0 Å². The van der Waals surface area contributed by atoms with E-state index < -0.39 is 21.4 Å².